The highest BCUT2D eigenvalue weighted by atomic mass is 35.5. The van der Waals surface area contributed by atoms with Gasteiger partial charge in [0.2, 0.25) is 0 Å². The molecule has 0 unspecified atom stereocenters. The van der Waals surface area contributed by atoms with Crippen molar-refractivity contribution >= 4 is 11.6 Å². The second kappa shape index (κ2) is 4.04. The minimum absolute atomic E-state index is 0.257. The lowest BCUT2D eigenvalue weighted by Gasteiger charge is -2.28. The average Bonchev–Trinajstić information content (AvgIpc) is 3.06. The van der Waals surface area contributed by atoms with Gasteiger partial charge in [0.05, 0.1) is 0 Å². The first kappa shape index (κ1) is 12.1. The summed E-state index contributed by atoms with van der Waals surface area (Å²) < 4.78 is 11.4. The fraction of sp³-hybridized carbons (Fsp3) is 0.571. The van der Waals surface area contributed by atoms with E-state index >= 15 is 0 Å². The van der Waals surface area contributed by atoms with Gasteiger partial charge >= 0.3 is 0 Å². The summed E-state index contributed by atoms with van der Waals surface area (Å²) in [6.45, 7) is 5.44. The molecule has 1 heterocycles. The zero-order chi connectivity index (χ0) is 12.9. The highest BCUT2D eigenvalue weighted by Crippen LogP contribution is 2.53. The molecular weight excluding hydrogens is 250 g/mol. The van der Waals surface area contributed by atoms with Crippen LogP contribution in [0.5, 0.6) is 11.5 Å². The van der Waals surface area contributed by atoms with Crippen LogP contribution in [0.3, 0.4) is 0 Å². The van der Waals surface area contributed by atoms with Crippen molar-refractivity contribution in [2.45, 2.75) is 38.1 Å². The minimum atomic E-state index is -0.257. The molecule has 4 heteroatoms. The Morgan fingerprint density at radius 3 is 2.56 bits per heavy atom. The monoisotopic (exact) mass is 267 g/mol. The minimum Gasteiger partial charge on any atom is -0.486 e. The summed E-state index contributed by atoms with van der Waals surface area (Å²) in [7, 11) is 0. The van der Waals surface area contributed by atoms with E-state index in [1.807, 2.05) is 6.07 Å². The molecule has 1 aliphatic heterocycles. The predicted molar refractivity (Wildman–Crippen MR) is 71.6 cm³/mol. The third kappa shape index (κ3) is 1.77. The maximum atomic E-state index is 6.42. The molecule has 2 aliphatic rings. The zero-order valence-corrected chi connectivity index (χ0v) is 11.5. The normalized spacial score (nSPS) is 20.1. The number of hydrogen-bond acceptors (Lipinski definition) is 3. The Bertz CT molecular complexity index is 495. The highest BCUT2D eigenvalue weighted by molar-refractivity contribution is 6.32. The van der Waals surface area contributed by atoms with Crippen molar-refractivity contribution < 1.29 is 9.47 Å². The molecule has 0 atom stereocenters. The standard InChI is InChI=1S/C14H18ClNO2/c1-8(2)11-12(14(16)3-4-14)9(15)7-10-13(11)18-6-5-17-10/h7-8H,3-6,16H2,1-2H3. The van der Waals surface area contributed by atoms with E-state index in [1.54, 1.807) is 0 Å². The van der Waals surface area contributed by atoms with Gasteiger partial charge in [0.1, 0.15) is 13.2 Å². The molecule has 98 valence electrons. The van der Waals surface area contributed by atoms with Crippen molar-refractivity contribution in [3.8, 4) is 11.5 Å². The van der Waals surface area contributed by atoms with Crippen LogP contribution >= 0.6 is 11.6 Å². The Balaban J connectivity index is 2.24. The van der Waals surface area contributed by atoms with Crippen molar-refractivity contribution in [1.82, 2.24) is 0 Å². The SMILES string of the molecule is CC(C)c1c2c(cc(Cl)c1C1(N)CC1)OCCO2. The lowest BCUT2D eigenvalue weighted by Crippen LogP contribution is -2.24. The number of fused-ring (bicyclic) bond motifs is 1. The Labute approximate surface area is 112 Å². The van der Waals surface area contributed by atoms with Crippen LogP contribution in [0.15, 0.2) is 6.07 Å². The summed E-state index contributed by atoms with van der Waals surface area (Å²) in [5.74, 6) is 1.91. The summed E-state index contributed by atoms with van der Waals surface area (Å²) >= 11 is 6.42. The van der Waals surface area contributed by atoms with Gasteiger partial charge < -0.3 is 15.2 Å². The number of rotatable bonds is 2. The van der Waals surface area contributed by atoms with Crippen molar-refractivity contribution in [2.24, 2.45) is 5.73 Å². The van der Waals surface area contributed by atoms with Gasteiger partial charge in [-0.05, 0) is 24.3 Å². The molecule has 3 rings (SSSR count). The van der Waals surface area contributed by atoms with Gasteiger partial charge in [-0.1, -0.05) is 25.4 Å². The van der Waals surface area contributed by atoms with Crippen LogP contribution in [0.1, 0.15) is 43.7 Å². The fourth-order valence-corrected chi connectivity index (χ4v) is 3.01. The van der Waals surface area contributed by atoms with Gasteiger partial charge in [0, 0.05) is 22.2 Å². The van der Waals surface area contributed by atoms with Crippen LogP contribution in [-0.2, 0) is 5.54 Å². The van der Waals surface area contributed by atoms with Crippen LogP contribution in [0.4, 0.5) is 0 Å². The molecule has 18 heavy (non-hydrogen) atoms. The predicted octanol–water partition coefficient (Wildman–Crippen LogP) is 3.18. The first-order valence-electron chi connectivity index (χ1n) is 6.44. The van der Waals surface area contributed by atoms with Gasteiger partial charge in [-0.2, -0.15) is 0 Å². The maximum absolute atomic E-state index is 6.42. The number of benzene rings is 1. The van der Waals surface area contributed by atoms with E-state index in [0.717, 1.165) is 35.5 Å². The van der Waals surface area contributed by atoms with E-state index in [9.17, 15) is 0 Å². The summed E-state index contributed by atoms with van der Waals surface area (Å²) in [5, 5.41) is 0.711. The molecule has 0 bridgehead atoms. The molecule has 1 saturated carbocycles. The Morgan fingerprint density at radius 1 is 1.28 bits per heavy atom. The number of hydrogen-bond donors (Lipinski definition) is 1. The second-order valence-corrected chi connectivity index (χ2v) is 5.89. The van der Waals surface area contributed by atoms with Gasteiger partial charge in [0.25, 0.3) is 0 Å². The second-order valence-electron chi connectivity index (χ2n) is 5.48. The molecule has 1 aliphatic carbocycles. The third-order valence-corrected chi connectivity index (χ3v) is 3.98. The van der Waals surface area contributed by atoms with Crippen molar-refractivity contribution in [3.63, 3.8) is 0 Å². The summed E-state index contributed by atoms with van der Waals surface area (Å²) in [6.07, 6.45) is 1.98. The Kier molecular flexibility index (Phi) is 2.72. The lowest BCUT2D eigenvalue weighted by atomic mass is 9.90. The quantitative estimate of drug-likeness (QED) is 0.895. The van der Waals surface area contributed by atoms with Gasteiger partial charge in [-0.3, -0.25) is 0 Å². The largest absolute Gasteiger partial charge is 0.486 e. The molecule has 3 nitrogen and oxygen atoms in total. The van der Waals surface area contributed by atoms with Crippen molar-refractivity contribution in [2.75, 3.05) is 13.2 Å². The smallest absolute Gasteiger partial charge is 0.165 e. The molecule has 0 spiro atoms. The maximum Gasteiger partial charge on any atom is 0.165 e. The van der Waals surface area contributed by atoms with E-state index < -0.39 is 0 Å². The van der Waals surface area contributed by atoms with Gasteiger partial charge in [-0.25, -0.2) is 0 Å². The topological polar surface area (TPSA) is 44.5 Å². The first-order valence-corrected chi connectivity index (χ1v) is 6.82. The van der Waals surface area contributed by atoms with Crippen LogP contribution in [0.25, 0.3) is 0 Å². The van der Waals surface area contributed by atoms with Crippen LogP contribution < -0.4 is 15.2 Å². The van der Waals surface area contributed by atoms with Crippen LogP contribution in [0.2, 0.25) is 5.02 Å². The Hall–Kier alpha value is -0.930. The molecular formula is C14H18ClNO2. The molecule has 0 saturated heterocycles. The van der Waals surface area contributed by atoms with Crippen LogP contribution in [0, 0.1) is 0 Å². The van der Waals surface area contributed by atoms with Crippen molar-refractivity contribution in [1.29, 1.82) is 0 Å². The molecule has 0 amide bonds. The van der Waals surface area contributed by atoms with Crippen LogP contribution in [-0.4, -0.2) is 13.2 Å². The van der Waals surface area contributed by atoms with Gasteiger partial charge in [-0.15, -0.1) is 0 Å². The number of ether oxygens (including phenoxy) is 2. The first-order chi connectivity index (χ1) is 8.53. The van der Waals surface area contributed by atoms with E-state index in [0.29, 0.717) is 24.2 Å². The Morgan fingerprint density at radius 2 is 1.94 bits per heavy atom. The van der Waals surface area contributed by atoms with E-state index in [4.69, 9.17) is 26.8 Å². The molecule has 1 aromatic rings. The molecule has 0 radical (unpaired) electrons. The van der Waals surface area contributed by atoms with Crippen molar-refractivity contribution in [3.05, 3.63) is 22.2 Å². The summed E-state index contributed by atoms with van der Waals surface area (Å²) in [6, 6.07) is 1.85. The zero-order valence-electron chi connectivity index (χ0n) is 10.8. The van der Waals surface area contributed by atoms with E-state index in [1.165, 1.54) is 0 Å². The third-order valence-electron chi connectivity index (χ3n) is 3.69. The summed E-state index contributed by atoms with van der Waals surface area (Å²) in [4.78, 5) is 0. The highest BCUT2D eigenvalue weighted by Gasteiger charge is 2.45. The number of halogens is 1. The molecule has 1 aromatic carbocycles. The molecule has 2 N–H and O–H groups in total. The van der Waals surface area contributed by atoms with E-state index in [-0.39, 0.29) is 5.54 Å². The lowest BCUT2D eigenvalue weighted by molar-refractivity contribution is 0.169. The van der Waals surface area contributed by atoms with Gasteiger partial charge in [0.15, 0.2) is 11.5 Å². The average molecular weight is 268 g/mol. The number of nitrogens with two attached hydrogens (primary N) is 1. The molecule has 0 aromatic heterocycles. The fourth-order valence-electron chi connectivity index (χ4n) is 2.62. The summed E-state index contributed by atoms with van der Waals surface area (Å²) in [5.41, 5.74) is 8.28. The molecule has 1 fully saturated rings. The van der Waals surface area contributed by atoms with E-state index in [2.05, 4.69) is 13.8 Å².